The second kappa shape index (κ2) is 17.1. The van der Waals surface area contributed by atoms with Gasteiger partial charge in [0.05, 0.1) is 14.2 Å². The first kappa shape index (κ1) is 38.2. The predicted molar refractivity (Wildman–Crippen MR) is 204 cm³/mol. The normalized spacial score (nSPS) is 15.7. The molecule has 0 spiro atoms. The van der Waals surface area contributed by atoms with Crippen LogP contribution in [0.15, 0.2) is 91.0 Å². The van der Waals surface area contributed by atoms with Gasteiger partial charge in [0.15, 0.2) is 18.1 Å². The molecule has 10 heteroatoms. The minimum Gasteiger partial charge on any atom is -0.493 e. The number of rotatable bonds is 13. The molecule has 1 aliphatic carbocycles. The van der Waals surface area contributed by atoms with Gasteiger partial charge in [0.1, 0.15) is 30.1 Å². The van der Waals surface area contributed by atoms with Gasteiger partial charge in [0.2, 0.25) is 0 Å². The third kappa shape index (κ3) is 9.16. The maximum atomic E-state index is 14.1. The van der Waals surface area contributed by atoms with Crippen LogP contribution in [-0.2, 0) is 30.2 Å². The quantitative estimate of drug-likeness (QED) is 0.0987. The fourth-order valence-electron chi connectivity index (χ4n) is 7.24. The zero-order valence-corrected chi connectivity index (χ0v) is 31.7. The summed E-state index contributed by atoms with van der Waals surface area (Å²) in [7, 11) is 3.17. The van der Waals surface area contributed by atoms with Gasteiger partial charge in [0.25, 0.3) is 0 Å². The molecule has 1 fully saturated rings. The summed E-state index contributed by atoms with van der Waals surface area (Å²) in [5, 5.41) is 0. The molecule has 4 aromatic rings. The second-order valence-corrected chi connectivity index (χ2v) is 14.6. The van der Waals surface area contributed by atoms with Crippen molar-refractivity contribution in [3.8, 4) is 28.4 Å². The zero-order chi connectivity index (χ0) is 38.2. The molecule has 2 aliphatic rings. The Bertz CT molecular complexity index is 1900. The predicted octanol–water partition coefficient (Wildman–Crippen LogP) is 8.45. The molecule has 4 aromatic carbocycles. The average molecular weight is 736 g/mol. The van der Waals surface area contributed by atoms with Crippen LogP contribution in [-0.4, -0.2) is 68.6 Å². The van der Waals surface area contributed by atoms with Gasteiger partial charge >= 0.3 is 18.0 Å². The molecule has 0 radical (unpaired) electrons. The maximum Gasteiger partial charge on any atom is 0.410 e. The minimum atomic E-state index is -0.801. The van der Waals surface area contributed by atoms with Crippen LogP contribution in [0.4, 0.5) is 4.79 Å². The largest absolute Gasteiger partial charge is 0.493 e. The van der Waals surface area contributed by atoms with Crippen LogP contribution < -0.4 is 14.2 Å². The van der Waals surface area contributed by atoms with E-state index in [2.05, 4.69) is 24.3 Å². The highest BCUT2D eigenvalue weighted by Crippen LogP contribution is 2.44. The van der Waals surface area contributed by atoms with Crippen molar-refractivity contribution in [2.45, 2.75) is 76.5 Å². The van der Waals surface area contributed by atoms with Gasteiger partial charge < -0.3 is 28.4 Å². The first-order chi connectivity index (χ1) is 26.0. The Morgan fingerprint density at radius 2 is 1.52 bits per heavy atom. The third-order valence-corrected chi connectivity index (χ3v) is 9.75. The van der Waals surface area contributed by atoms with E-state index in [1.54, 1.807) is 53.2 Å². The maximum absolute atomic E-state index is 14.1. The lowest BCUT2D eigenvalue weighted by Crippen LogP contribution is -2.49. The van der Waals surface area contributed by atoms with Crippen molar-refractivity contribution in [2.75, 3.05) is 34.0 Å². The number of likely N-dealkylation sites (tertiary alicyclic amines) is 1. The van der Waals surface area contributed by atoms with Crippen LogP contribution in [0.1, 0.15) is 80.7 Å². The summed E-state index contributed by atoms with van der Waals surface area (Å²) >= 11 is 0. The Morgan fingerprint density at radius 3 is 2.20 bits per heavy atom. The Morgan fingerprint density at radius 1 is 0.815 bits per heavy atom. The molecular formula is C44H49NO9. The van der Waals surface area contributed by atoms with E-state index >= 15 is 0 Å². The third-order valence-electron chi connectivity index (χ3n) is 9.75. The van der Waals surface area contributed by atoms with Gasteiger partial charge in [-0.15, -0.1) is 0 Å². The minimum absolute atomic E-state index is 0.0951. The van der Waals surface area contributed by atoms with Gasteiger partial charge in [-0.05, 0) is 111 Å². The van der Waals surface area contributed by atoms with E-state index in [0.717, 1.165) is 40.7 Å². The summed E-state index contributed by atoms with van der Waals surface area (Å²) in [5.41, 5.74) is 5.54. The molecule has 6 rings (SSSR count). The Balaban J connectivity index is 1.18. The highest BCUT2D eigenvalue weighted by atomic mass is 16.6. The van der Waals surface area contributed by atoms with Crippen LogP contribution >= 0.6 is 0 Å². The Labute approximate surface area is 317 Å². The van der Waals surface area contributed by atoms with Crippen molar-refractivity contribution in [1.82, 2.24) is 4.90 Å². The molecule has 0 bridgehead atoms. The number of aryl methyl sites for hydroxylation is 1. The van der Waals surface area contributed by atoms with E-state index in [0.29, 0.717) is 48.6 Å². The van der Waals surface area contributed by atoms with E-state index < -0.39 is 35.8 Å². The monoisotopic (exact) mass is 735 g/mol. The molecule has 54 heavy (non-hydrogen) atoms. The van der Waals surface area contributed by atoms with Crippen molar-refractivity contribution in [3.05, 3.63) is 113 Å². The fourth-order valence-corrected chi connectivity index (χ4v) is 7.24. The summed E-state index contributed by atoms with van der Waals surface area (Å²) in [6.07, 6.45) is 1.74. The molecule has 0 aromatic heterocycles. The number of nitrogens with zero attached hydrogens (tertiary/aromatic N) is 1. The number of carbonyl (C=O) groups excluding carboxylic acids is 3. The summed E-state index contributed by atoms with van der Waals surface area (Å²) in [6.45, 7) is 5.67. The van der Waals surface area contributed by atoms with Crippen LogP contribution in [0, 0.1) is 0 Å². The summed E-state index contributed by atoms with van der Waals surface area (Å²) < 4.78 is 34.4. The first-order valence-corrected chi connectivity index (χ1v) is 18.5. The SMILES string of the molecule is COc1ccc(CC[C@@H](OC(=O)[C@@H]2CCCCN2C(=O)OCC2c3ccccc3-c3ccccc32)c2cccc(OCC(=O)OC(C)(C)C)c2)cc1OC. The molecule has 284 valence electrons. The lowest BCUT2D eigenvalue weighted by atomic mass is 9.98. The number of hydrogen-bond donors (Lipinski definition) is 0. The number of carbonyl (C=O) groups is 3. The summed E-state index contributed by atoms with van der Waals surface area (Å²) in [5.74, 6) is 0.563. The van der Waals surface area contributed by atoms with Gasteiger partial charge in [-0.2, -0.15) is 0 Å². The van der Waals surface area contributed by atoms with E-state index in [9.17, 15) is 14.4 Å². The van der Waals surface area contributed by atoms with E-state index in [1.807, 2.05) is 48.5 Å². The van der Waals surface area contributed by atoms with Gasteiger partial charge in [-0.3, -0.25) is 4.90 Å². The molecule has 1 aliphatic heterocycles. The molecule has 0 N–H and O–H groups in total. The number of ether oxygens (including phenoxy) is 6. The molecule has 1 amide bonds. The number of fused-ring (bicyclic) bond motifs is 3. The number of hydrogen-bond acceptors (Lipinski definition) is 9. The van der Waals surface area contributed by atoms with Crippen molar-refractivity contribution in [1.29, 1.82) is 0 Å². The first-order valence-electron chi connectivity index (χ1n) is 18.5. The van der Waals surface area contributed by atoms with Gasteiger partial charge in [-0.1, -0.05) is 66.7 Å². The van der Waals surface area contributed by atoms with Crippen molar-refractivity contribution < 1.29 is 42.8 Å². The smallest absolute Gasteiger partial charge is 0.410 e. The second-order valence-electron chi connectivity index (χ2n) is 14.6. The lowest BCUT2D eigenvalue weighted by Gasteiger charge is -2.34. The highest BCUT2D eigenvalue weighted by Gasteiger charge is 2.37. The number of esters is 2. The van der Waals surface area contributed by atoms with Crippen LogP contribution in [0.25, 0.3) is 11.1 Å². The van der Waals surface area contributed by atoms with Crippen molar-refractivity contribution >= 4 is 18.0 Å². The molecule has 0 unspecified atom stereocenters. The summed E-state index contributed by atoms with van der Waals surface area (Å²) in [4.78, 5) is 41.7. The number of piperidine rings is 1. The molecule has 1 saturated heterocycles. The summed E-state index contributed by atoms with van der Waals surface area (Å²) in [6, 6.07) is 28.4. The topological polar surface area (TPSA) is 110 Å². The van der Waals surface area contributed by atoms with Crippen LogP contribution in [0.5, 0.6) is 17.2 Å². The molecule has 1 heterocycles. The van der Waals surface area contributed by atoms with E-state index in [4.69, 9.17) is 28.4 Å². The number of methoxy groups -OCH3 is 2. The molecule has 2 atom stereocenters. The van der Waals surface area contributed by atoms with Gasteiger partial charge in [0, 0.05) is 12.5 Å². The van der Waals surface area contributed by atoms with E-state index in [-0.39, 0.29) is 19.1 Å². The standard InChI is InChI=1S/C44H49NO9/c1-44(2,3)54-41(46)28-51-31-14-12-13-30(26-31)38(22-20-29-21-23-39(49-4)40(25-29)50-5)53-42(47)37-19-10-11-24-45(37)43(48)52-27-36-34-17-8-6-15-32(34)33-16-7-9-18-35(33)36/h6-9,12-18,21,23,25-26,36-38H,10-11,19-20,22,24,27-28H2,1-5H3/t37-,38+/m0/s1. The molecule has 0 saturated carbocycles. The fraction of sp³-hybridized carbons (Fsp3) is 0.386. The Hall–Kier alpha value is -5.51. The number of benzene rings is 4. The average Bonchev–Trinajstić information content (AvgIpc) is 3.50. The zero-order valence-electron chi connectivity index (χ0n) is 31.7. The van der Waals surface area contributed by atoms with E-state index in [1.165, 1.54) is 4.90 Å². The molecular weight excluding hydrogens is 686 g/mol. The highest BCUT2D eigenvalue weighted by molar-refractivity contribution is 5.82. The van der Waals surface area contributed by atoms with Crippen LogP contribution in [0.3, 0.4) is 0 Å². The number of amides is 1. The molecule has 10 nitrogen and oxygen atoms in total. The van der Waals surface area contributed by atoms with Crippen molar-refractivity contribution in [3.63, 3.8) is 0 Å². The van der Waals surface area contributed by atoms with Crippen molar-refractivity contribution in [2.24, 2.45) is 0 Å². The lowest BCUT2D eigenvalue weighted by molar-refractivity contribution is -0.157. The van der Waals surface area contributed by atoms with Crippen LogP contribution in [0.2, 0.25) is 0 Å². The van der Waals surface area contributed by atoms with Gasteiger partial charge in [-0.25, -0.2) is 14.4 Å². The Kier molecular flexibility index (Phi) is 12.1.